The van der Waals surface area contributed by atoms with Gasteiger partial charge in [-0.2, -0.15) is 0 Å². The van der Waals surface area contributed by atoms with Crippen molar-refractivity contribution >= 4 is 16.5 Å². The van der Waals surface area contributed by atoms with Crippen LogP contribution >= 0.6 is 11.3 Å². The van der Waals surface area contributed by atoms with Gasteiger partial charge in [0, 0.05) is 37.4 Å². The lowest BCUT2D eigenvalue weighted by Gasteiger charge is -2.15. The molecular formula is C16H24N4S. The van der Waals surface area contributed by atoms with Gasteiger partial charge in [-0.1, -0.05) is 20.8 Å². The van der Waals surface area contributed by atoms with Gasteiger partial charge >= 0.3 is 0 Å². The Morgan fingerprint density at radius 1 is 1.29 bits per heavy atom. The molecule has 5 heteroatoms. The smallest absolute Gasteiger partial charge is 0.185 e. The van der Waals surface area contributed by atoms with Crippen LogP contribution in [0.2, 0.25) is 0 Å². The third kappa shape index (κ3) is 4.25. The summed E-state index contributed by atoms with van der Waals surface area (Å²) < 4.78 is 0. The van der Waals surface area contributed by atoms with Gasteiger partial charge in [-0.15, -0.1) is 11.3 Å². The van der Waals surface area contributed by atoms with E-state index < -0.39 is 0 Å². The zero-order chi connectivity index (χ0) is 15.2. The van der Waals surface area contributed by atoms with E-state index in [-0.39, 0.29) is 0 Å². The van der Waals surface area contributed by atoms with Crippen LogP contribution in [0.15, 0.2) is 24.5 Å². The zero-order valence-corrected chi connectivity index (χ0v) is 14.1. The molecule has 0 aromatic carbocycles. The summed E-state index contributed by atoms with van der Waals surface area (Å²) in [6.07, 6.45) is 3.67. The Morgan fingerprint density at radius 3 is 2.62 bits per heavy atom. The van der Waals surface area contributed by atoms with Crippen molar-refractivity contribution in [2.75, 3.05) is 18.5 Å². The molecule has 0 amide bonds. The largest absolute Gasteiger partial charge is 0.347 e. The van der Waals surface area contributed by atoms with Crippen molar-refractivity contribution < 1.29 is 0 Å². The Kier molecular flexibility index (Phi) is 5.70. The van der Waals surface area contributed by atoms with Gasteiger partial charge < -0.3 is 10.2 Å². The van der Waals surface area contributed by atoms with Crippen LogP contribution in [-0.2, 0) is 13.1 Å². The minimum absolute atomic E-state index is 0.456. The molecule has 0 fully saturated rings. The first-order valence-electron chi connectivity index (χ1n) is 7.42. The van der Waals surface area contributed by atoms with E-state index in [0.717, 1.165) is 24.8 Å². The number of rotatable bonds is 7. The summed E-state index contributed by atoms with van der Waals surface area (Å²) in [4.78, 5) is 12.5. The molecule has 21 heavy (non-hydrogen) atoms. The predicted molar refractivity (Wildman–Crippen MR) is 89.9 cm³/mol. The molecule has 0 saturated heterocycles. The molecule has 0 spiro atoms. The SMILES string of the molecule is CCNCc1sc(N(C)Cc2ccncc2)nc1C(C)C. The van der Waals surface area contributed by atoms with Gasteiger partial charge in [0.15, 0.2) is 5.13 Å². The van der Waals surface area contributed by atoms with Crippen LogP contribution in [0, 0.1) is 0 Å². The number of thiazole rings is 1. The van der Waals surface area contributed by atoms with E-state index in [1.165, 1.54) is 16.1 Å². The van der Waals surface area contributed by atoms with Crippen LogP contribution in [0.1, 0.15) is 42.8 Å². The Balaban J connectivity index is 2.15. The van der Waals surface area contributed by atoms with Gasteiger partial charge in [0.05, 0.1) is 5.69 Å². The summed E-state index contributed by atoms with van der Waals surface area (Å²) >= 11 is 1.79. The number of anilines is 1. The van der Waals surface area contributed by atoms with Gasteiger partial charge in [0.1, 0.15) is 0 Å². The number of nitrogens with zero attached hydrogens (tertiary/aromatic N) is 3. The molecule has 0 atom stereocenters. The summed E-state index contributed by atoms with van der Waals surface area (Å²) in [5.74, 6) is 0.456. The van der Waals surface area contributed by atoms with Crippen molar-refractivity contribution in [3.05, 3.63) is 40.7 Å². The molecule has 2 rings (SSSR count). The lowest BCUT2D eigenvalue weighted by molar-refractivity contribution is 0.713. The van der Waals surface area contributed by atoms with E-state index >= 15 is 0 Å². The highest BCUT2D eigenvalue weighted by Crippen LogP contribution is 2.30. The zero-order valence-electron chi connectivity index (χ0n) is 13.3. The fourth-order valence-corrected chi connectivity index (χ4v) is 3.30. The molecule has 2 aromatic rings. The molecule has 0 aliphatic carbocycles. The number of aromatic nitrogens is 2. The van der Waals surface area contributed by atoms with Crippen molar-refractivity contribution in [1.82, 2.24) is 15.3 Å². The number of pyridine rings is 1. The topological polar surface area (TPSA) is 41.0 Å². The first-order chi connectivity index (χ1) is 10.1. The second kappa shape index (κ2) is 7.52. The van der Waals surface area contributed by atoms with Crippen molar-refractivity contribution in [3.8, 4) is 0 Å². The highest BCUT2D eigenvalue weighted by Gasteiger charge is 2.16. The Labute approximate surface area is 131 Å². The Hall–Kier alpha value is -1.46. The van der Waals surface area contributed by atoms with Crippen LogP contribution in [0.3, 0.4) is 0 Å². The van der Waals surface area contributed by atoms with Gasteiger partial charge in [-0.25, -0.2) is 4.98 Å². The average Bonchev–Trinajstić information content (AvgIpc) is 2.90. The second-order valence-corrected chi connectivity index (χ2v) is 6.51. The molecular weight excluding hydrogens is 280 g/mol. The molecule has 0 bridgehead atoms. The van der Waals surface area contributed by atoms with Gasteiger partial charge in [0.2, 0.25) is 0 Å². The summed E-state index contributed by atoms with van der Waals surface area (Å²) in [5.41, 5.74) is 2.47. The highest BCUT2D eigenvalue weighted by atomic mass is 32.1. The molecule has 0 radical (unpaired) electrons. The van der Waals surface area contributed by atoms with E-state index in [1.807, 2.05) is 24.5 Å². The maximum absolute atomic E-state index is 4.85. The van der Waals surface area contributed by atoms with Crippen molar-refractivity contribution in [2.24, 2.45) is 0 Å². The normalized spacial score (nSPS) is 11.1. The van der Waals surface area contributed by atoms with Crippen LogP contribution in [0.4, 0.5) is 5.13 Å². The average molecular weight is 304 g/mol. The minimum Gasteiger partial charge on any atom is -0.347 e. The first-order valence-corrected chi connectivity index (χ1v) is 8.23. The molecule has 1 N–H and O–H groups in total. The molecule has 4 nitrogen and oxygen atoms in total. The molecule has 0 unspecified atom stereocenters. The van der Waals surface area contributed by atoms with E-state index in [2.05, 4.69) is 43.0 Å². The predicted octanol–water partition coefficient (Wildman–Crippen LogP) is 3.41. The second-order valence-electron chi connectivity index (χ2n) is 5.45. The monoisotopic (exact) mass is 304 g/mol. The molecule has 2 heterocycles. The fraction of sp³-hybridized carbons (Fsp3) is 0.500. The van der Waals surface area contributed by atoms with E-state index in [4.69, 9.17) is 4.98 Å². The van der Waals surface area contributed by atoms with Crippen LogP contribution < -0.4 is 10.2 Å². The maximum Gasteiger partial charge on any atom is 0.185 e. The number of nitrogens with one attached hydrogen (secondary N) is 1. The summed E-state index contributed by atoms with van der Waals surface area (Å²) in [7, 11) is 2.10. The number of hydrogen-bond donors (Lipinski definition) is 1. The quantitative estimate of drug-likeness (QED) is 0.851. The van der Waals surface area contributed by atoms with Crippen molar-refractivity contribution in [3.63, 3.8) is 0 Å². The van der Waals surface area contributed by atoms with E-state index in [0.29, 0.717) is 5.92 Å². The van der Waals surface area contributed by atoms with Crippen molar-refractivity contribution in [1.29, 1.82) is 0 Å². The summed E-state index contributed by atoms with van der Waals surface area (Å²) in [6.45, 7) is 9.29. The lowest BCUT2D eigenvalue weighted by atomic mass is 10.1. The Morgan fingerprint density at radius 2 is 2.00 bits per heavy atom. The summed E-state index contributed by atoms with van der Waals surface area (Å²) in [5, 5.41) is 4.49. The molecule has 0 saturated carbocycles. The van der Waals surface area contributed by atoms with Crippen LogP contribution in [0.5, 0.6) is 0 Å². The van der Waals surface area contributed by atoms with Crippen LogP contribution in [0.25, 0.3) is 0 Å². The molecule has 0 aliphatic heterocycles. The molecule has 2 aromatic heterocycles. The van der Waals surface area contributed by atoms with Gasteiger partial charge in [-0.3, -0.25) is 4.98 Å². The lowest BCUT2D eigenvalue weighted by Crippen LogP contribution is -2.16. The maximum atomic E-state index is 4.85. The van der Waals surface area contributed by atoms with Gasteiger partial charge in [-0.05, 0) is 30.2 Å². The first kappa shape index (κ1) is 15.9. The standard InChI is InChI=1S/C16H24N4S/c1-5-17-10-14-15(12(2)3)19-16(21-14)20(4)11-13-6-8-18-9-7-13/h6-9,12,17H,5,10-11H2,1-4H3. The van der Waals surface area contributed by atoms with E-state index in [1.54, 1.807) is 11.3 Å². The van der Waals surface area contributed by atoms with Crippen molar-refractivity contribution in [2.45, 2.75) is 39.8 Å². The van der Waals surface area contributed by atoms with Gasteiger partial charge in [0.25, 0.3) is 0 Å². The highest BCUT2D eigenvalue weighted by molar-refractivity contribution is 7.15. The minimum atomic E-state index is 0.456. The van der Waals surface area contributed by atoms with Crippen LogP contribution in [-0.4, -0.2) is 23.6 Å². The number of hydrogen-bond acceptors (Lipinski definition) is 5. The molecule has 0 aliphatic rings. The van der Waals surface area contributed by atoms with E-state index in [9.17, 15) is 0 Å². The fourth-order valence-electron chi connectivity index (χ4n) is 2.16. The summed E-state index contributed by atoms with van der Waals surface area (Å²) in [6, 6.07) is 4.10. The Bertz CT molecular complexity index is 551. The third-order valence-corrected chi connectivity index (χ3v) is 4.48. The third-order valence-electron chi connectivity index (χ3n) is 3.29. The molecule has 114 valence electrons.